The van der Waals surface area contributed by atoms with Crippen LogP contribution in [0.25, 0.3) is 0 Å². The summed E-state index contributed by atoms with van der Waals surface area (Å²) in [6, 6.07) is 1.07. The maximum absolute atomic E-state index is 12.2. The number of aliphatic carboxylic acids is 1. The van der Waals surface area contributed by atoms with Gasteiger partial charge in [0.15, 0.2) is 5.54 Å². The Hall–Kier alpha value is -2.55. The summed E-state index contributed by atoms with van der Waals surface area (Å²) in [6.07, 6.45) is 1.17. The maximum atomic E-state index is 12.2. The average molecular weight is 295 g/mol. The first-order valence-corrected chi connectivity index (χ1v) is 6.10. The lowest BCUT2D eigenvalue weighted by atomic mass is 9.98. The third-order valence-corrected chi connectivity index (χ3v) is 3.31. The lowest BCUT2D eigenvalue weighted by Gasteiger charge is -2.23. The lowest BCUT2D eigenvalue weighted by Crippen LogP contribution is -2.55. The van der Waals surface area contributed by atoms with E-state index in [9.17, 15) is 24.8 Å². The number of aryl methyl sites for hydroxylation is 1. The van der Waals surface area contributed by atoms with Crippen LogP contribution in [0.3, 0.4) is 0 Å². The Morgan fingerprint density at radius 2 is 2.29 bits per heavy atom. The summed E-state index contributed by atoms with van der Waals surface area (Å²) in [6.45, 7) is 1.59. The quantitative estimate of drug-likeness (QED) is 0.602. The van der Waals surface area contributed by atoms with Crippen LogP contribution in [-0.4, -0.2) is 45.6 Å². The van der Waals surface area contributed by atoms with Gasteiger partial charge in [-0.1, -0.05) is 0 Å². The van der Waals surface area contributed by atoms with Gasteiger partial charge < -0.3 is 15.2 Å². The number of nitrogens with one attached hydrogen (secondary N) is 1. The predicted molar refractivity (Wildman–Crippen MR) is 68.9 cm³/mol. The number of carbonyl (C=O) groups is 2. The van der Waals surface area contributed by atoms with Gasteiger partial charge in [-0.3, -0.25) is 19.9 Å². The van der Waals surface area contributed by atoms with Gasteiger partial charge in [0.25, 0.3) is 11.6 Å². The maximum Gasteiger partial charge on any atom is 0.331 e. The third kappa shape index (κ3) is 2.82. The Labute approximate surface area is 119 Å². The highest BCUT2D eigenvalue weighted by Crippen LogP contribution is 2.21. The molecule has 1 saturated heterocycles. The summed E-state index contributed by atoms with van der Waals surface area (Å²) >= 11 is 0. The van der Waals surface area contributed by atoms with Crippen molar-refractivity contribution in [3.05, 3.63) is 33.6 Å². The number of pyridine rings is 1. The van der Waals surface area contributed by atoms with Gasteiger partial charge >= 0.3 is 5.97 Å². The fourth-order valence-corrected chi connectivity index (χ4v) is 2.02. The van der Waals surface area contributed by atoms with E-state index in [0.29, 0.717) is 0 Å². The molecule has 1 unspecified atom stereocenters. The summed E-state index contributed by atoms with van der Waals surface area (Å²) < 4.78 is 5.03. The van der Waals surface area contributed by atoms with Crippen molar-refractivity contribution in [3.63, 3.8) is 0 Å². The number of rotatable bonds is 4. The summed E-state index contributed by atoms with van der Waals surface area (Å²) in [7, 11) is 0. The Balaban J connectivity index is 2.30. The van der Waals surface area contributed by atoms with E-state index in [1.807, 2.05) is 0 Å². The van der Waals surface area contributed by atoms with Crippen LogP contribution in [0.2, 0.25) is 0 Å². The standard InChI is InChI=1S/C12H13N3O6/c1-7-9(4-8(5-13-7)15(19)20)10(16)14-12(11(17)18)2-3-21-6-12/h4-5H,2-3,6H2,1H3,(H,14,16)(H,17,18). The van der Waals surface area contributed by atoms with Gasteiger partial charge in [-0.2, -0.15) is 0 Å². The van der Waals surface area contributed by atoms with Gasteiger partial charge in [0.1, 0.15) is 6.20 Å². The van der Waals surface area contributed by atoms with Crippen LogP contribution in [0.15, 0.2) is 12.3 Å². The summed E-state index contributed by atoms with van der Waals surface area (Å²) in [5, 5.41) is 22.4. The van der Waals surface area contributed by atoms with E-state index in [4.69, 9.17) is 4.74 Å². The second-order valence-corrected chi connectivity index (χ2v) is 4.73. The molecule has 0 aromatic carbocycles. The number of aromatic nitrogens is 1. The van der Waals surface area contributed by atoms with Crippen LogP contribution in [-0.2, 0) is 9.53 Å². The minimum atomic E-state index is -1.51. The molecule has 0 spiro atoms. The third-order valence-electron chi connectivity index (χ3n) is 3.31. The molecular formula is C12H13N3O6. The number of amides is 1. The first-order chi connectivity index (χ1) is 9.85. The van der Waals surface area contributed by atoms with Crippen molar-refractivity contribution in [2.24, 2.45) is 0 Å². The fourth-order valence-electron chi connectivity index (χ4n) is 2.02. The average Bonchev–Trinajstić information content (AvgIpc) is 2.88. The molecule has 2 N–H and O–H groups in total. The first kappa shape index (κ1) is 14.9. The van der Waals surface area contributed by atoms with Crippen LogP contribution in [0.1, 0.15) is 22.5 Å². The van der Waals surface area contributed by atoms with E-state index < -0.39 is 22.3 Å². The molecule has 0 bridgehead atoms. The second-order valence-electron chi connectivity index (χ2n) is 4.73. The van der Waals surface area contributed by atoms with E-state index in [1.54, 1.807) is 0 Å². The van der Waals surface area contributed by atoms with Crippen molar-refractivity contribution in [2.75, 3.05) is 13.2 Å². The fraction of sp³-hybridized carbons (Fsp3) is 0.417. The molecule has 1 aromatic rings. The molecule has 0 radical (unpaired) electrons. The van der Waals surface area contributed by atoms with Crippen molar-refractivity contribution in [3.8, 4) is 0 Å². The molecule has 112 valence electrons. The monoisotopic (exact) mass is 295 g/mol. The largest absolute Gasteiger partial charge is 0.479 e. The highest BCUT2D eigenvalue weighted by Gasteiger charge is 2.44. The molecule has 1 fully saturated rings. The highest BCUT2D eigenvalue weighted by molar-refractivity contribution is 5.99. The highest BCUT2D eigenvalue weighted by atomic mass is 16.6. The Morgan fingerprint density at radius 1 is 1.57 bits per heavy atom. The zero-order chi connectivity index (χ0) is 15.6. The zero-order valence-electron chi connectivity index (χ0n) is 11.2. The SMILES string of the molecule is Cc1ncc([N+](=O)[O-])cc1C(=O)NC1(C(=O)O)CCOC1. The van der Waals surface area contributed by atoms with Gasteiger partial charge in [0.2, 0.25) is 0 Å². The molecular weight excluding hydrogens is 282 g/mol. The van der Waals surface area contributed by atoms with Gasteiger partial charge in [-0.25, -0.2) is 4.79 Å². The van der Waals surface area contributed by atoms with Crippen molar-refractivity contribution in [1.29, 1.82) is 0 Å². The number of ether oxygens (including phenoxy) is 1. The van der Waals surface area contributed by atoms with E-state index in [1.165, 1.54) is 6.92 Å². The molecule has 1 atom stereocenters. The van der Waals surface area contributed by atoms with Gasteiger partial charge in [-0.15, -0.1) is 0 Å². The summed E-state index contributed by atoms with van der Waals surface area (Å²) in [4.78, 5) is 37.4. The van der Waals surface area contributed by atoms with Gasteiger partial charge in [0, 0.05) is 19.1 Å². The predicted octanol–water partition coefficient (Wildman–Crippen LogP) is 0.272. The van der Waals surface area contributed by atoms with Crippen LogP contribution in [0.5, 0.6) is 0 Å². The number of hydrogen-bond donors (Lipinski definition) is 2. The summed E-state index contributed by atoms with van der Waals surface area (Å²) in [5.41, 5.74) is -1.60. The Bertz CT molecular complexity index is 609. The number of nitro groups is 1. The zero-order valence-corrected chi connectivity index (χ0v) is 11.2. The van der Waals surface area contributed by atoms with Gasteiger partial charge in [-0.05, 0) is 6.92 Å². The van der Waals surface area contributed by atoms with Crippen molar-refractivity contribution in [1.82, 2.24) is 10.3 Å². The molecule has 1 aliphatic heterocycles. The smallest absolute Gasteiger partial charge is 0.331 e. The summed E-state index contributed by atoms with van der Waals surface area (Å²) in [5.74, 6) is -1.93. The van der Waals surface area contributed by atoms with E-state index >= 15 is 0 Å². The first-order valence-electron chi connectivity index (χ1n) is 6.10. The molecule has 1 aliphatic rings. The van der Waals surface area contributed by atoms with Crippen molar-refractivity contribution in [2.45, 2.75) is 18.9 Å². The van der Waals surface area contributed by atoms with Crippen molar-refractivity contribution < 1.29 is 24.4 Å². The van der Waals surface area contributed by atoms with Crippen LogP contribution in [0.4, 0.5) is 5.69 Å². The molecule has 1 aromatic heterocycles. The number of nitrogens with zero attached hydrogens (tertiary/aromatic N) is 2. The Kier molecular flexibility index (Phi) is 3.85. The molecule has 9 heteroatoms. The molecule has 9 nitrogen and oxygen atoms in total. The van der Waals surface area contributed by atoms with Crippen LogP contribution < -0.4 is 5.32 Å². The van der Waals surface area contributed by atoms with Crippen LogP contribution in [0, 0.1) is 17.0 Å². The molecule has 1 amide bonds. The number of carboxylic acid groups (broad SMARTS) is 1. The topological polar surface area (TPSA) is 132 Å². The van der Waals surface area contributed by atoms with Crippen molar-refractivity contribution >= 4 is 17.6 Å². The minimum Gasteiger partial charge on any atom is -0.479 e. The number of hydrogen-bond acceptors (Lipinski definition) is 6. The van der Waals surface area contributed by atoms with Gasteiger partial charge in [0.05, 0.1) is 22.8 Å². The van der Waals surface area contributed by atoms with E-state index in [-0.39, 0.29) is 36.6 Å². The number of carboxylic acids is 1. The molecule has 2 heterocycles. The van der Waals surface area contributed by atoms with E-state index in [2.05, 4.69) is 10.3 Å². The normalized spacial score (nSPS) is 21.0. The second kappa shape index (κ2) is 5.44. The Morgan fingerprint density at radius 3 is 2.81 bits per heavy atom. The number of carbonyl (C=O) groups excluding carboxylic acids is 1. The minimum absolute atomic E-state index is 0.0308. The van der Waals surface area contributed by atoms with Crippen LogP contribution >= 0.6 is 0 Å². The molecule has 2 rings (SSSR count). The molecule has 0 aliphatic carbocycles. The lowest BCUT2D eigenvalue weighted by molar-refractivity contribution is -0.385. The van der Waals surface area contributed by atoms with E-state index in [0.717, 1.165) is 12.3 Å². The molecule has 0 saturated carbocycles. The molecule has 21 heavy (non-hydrogen) atoms.